The third kappa shape index (κ3) is 15.9. The molecule has 32 heavy (non-hydrogen) atoms. The van der Waals surface area contributed by atoms with Crippen LogP contribution in [0.3, 0.4) is 0 Å². The van der Waals surface area contributed by atoms with Crippen molar-refractivity contribution in [1.29, 1.82) is 0 Å². The maximum atomic E-state index is 9.21. The van der Waals surface area contributed by atoms with Gasteiger partial charge in [-0.15, -0.1) is 0 Å². The van der Waals surface area contributed by atoms with Crippen molar-refractivity contribution in [3.05, 3.63) is 0 Å². The Kier molecular flexibility index (Phi) is 17.2. The Balaban J connectivity index is 0. The standard InChI is InChI=1S/2C12H29NO2Si/c2*1-12(2,3)16(4,5)8-6-7-15-10-11(14)9-13/h2*11,14H,6-10,13H2,1-5H3. The molecule has 0 bridgehead atoms. The zero-order chi connectivity index (χ0) is 25.6. The zero-order valence-corrected chi connectivity index (χ0v) is 25.1. The Hall–Kier alpha value is 0.194. The third-order valence-corrected chi connectivity index (χ3v) is 18.7. The number of aliphatic hydroxyl groups excluding tert-OH is 2. The molecule has 0 heterocycles. The minimum atomic E-state index is -1.16. The number of hydrogen-bond acceptors (Lipinski definition) is 6. The van der Waals surface area contributed by atoms with Crippen LogP contribution in [0, 0.1) is 0 Å². The molecule has 0 aromatic carbocycles. The van der Waals surface area contributed by atoms with Crippen LogP contribution in [0.5, 0.6) is 0 Å². The van der Waals surface area contributed by atoms with Gasteiger partial charge in [0.15, 0.2) is 0 Å². The van der Waals surface area contributed by atoms with Crippen molar-refractivity contribution in [2.75, 3.05) is 39.5 Å². The molecule has 0 amide bonds. The summed E-state index contributed by atoms with van der Waals surface area (Å²) in [5.74, 6) is 0. The predicted molar refractivity (Wildman–Crippen MR) is 145 cm³/mol. The van der Waals surface area contributed by atoms with Crippen LogP contribution in [-0.4, -0.2) is 78.1 Å². The van der Waals surface area contributed by atoms with Gasteiger partial charge in [0, 0.05) is 26.3 Å². The van der Waals surface area contributed by atoms with Gasteiger partial charge in [0.25, 0.3) is 0 Å². The molecular formula is C24H58N2O4Si2. The summed E-state index contributed by atoms with van der Waals surface area (Å²) >= 11 is 0. The van der Waals surface area contributed by atoms with Crippen LogP contribution >= 0.6 is 0 Å². The van der Waals surface area contributed by atoms with E-state index in [4.69, 9.17) is 20.9 Å². The lowest BCUT2D eigenvalue weighted by Gasteiger charge is -2.37. The first kappa shape index (κ1) is 34.4. The summed E-state index contributed by atoms with van der Waals surface area (Å²) in [5, 5.41) is 19.3. The fourth-order valence-electron chi connectivity index (χ4n) is 2.56. The van der Waals surface area contributed by atoms with Gasteiger partial charge >= 0.3 is 0 Å². The van der Waals surface area contributed by atoms with Crippen molar-refractivity contribution in [2.45, 2.75) is 115 Å². The van der Waals surface area contributed by atoms with E-state index in [2.05, 4.69) is 67.7 Å². The van der Waals surface area contributed by atoms with Gasteiger partial charge in [0.1, 0.15) is 0 Å². The van der Waals surface area contributed by atoms with Gasteiger partial charge in [-0.2, -0.15) is 0 Å². The first-order chi connectivity index (χ1) is 14.4. The molecule has 0 aliphatic heterocycles. The summed E-state index contributed by atoms with van der Waals surface area (Å²) in [7, 11) is -2.32. The fraction of sp³-hybridized carbons (Fsp3) is 1.00. The van der Waals surface area contributed by atoms with E-state index in [0.717, 1.165) is 26.1 Å². The van der Waals surface area contributed by atoms with E-state index < -0.39 is 28.4 Å². The Morgan fingerprint density at radius 1 is 0.656 bits per heavy atom. The first-order valence-electron chi connectivity index (χ1n) is 12.3. The molecular weight excluding hydrogens is 436 g/mol. The SMILES string of the molecule is CC(C)(C)[Si](C)(C)CCCOCC(O)CN.CC(C)(C)[Si](C)(C)CCCOCC(O)CN. The second-order valence-corrected chi connectivity index (χ2v) is 23.9. The normalized spacial score (nSPS) is 15.2. The topological polar surface area (TPSA) is 111 Å². The summed E-state index contributed by atoms with van der Waals surface area (Å²) in [6.45, 7) is 26.5. The first-order valence-corrected chi connectivity index (χ1v) is 18.7. The number of nitrogens with two attached hydrogens (primary N) is 2. The lowest BCUT2D eigenvalue weighted by Crippen LogP contribution is -2.37. The van der Waals surface area contributed by atoms with Crippen LogP contribution in [-0.2, 0) is 9.47 Å². The number of ether oxygens (including phenoxy) is 2. The molecule has 0 rings (SSSR count). The van der Waals surface area contributed by atoms with E-state index in [1.807, 2.05) is 0 Å². The Labute approximate surface area is 201 Å². The van der Waals surface area contributed by atoms with E-state index in [0.29, 0.717) is 23.3 Å². The van der Waals surface area contributed by atoms with Gasteiger partial charge < -0.3 is 31.2 Å². The van der Waals surface area contributed by atoms with Gasteiger partial charge in [0.05, 0.1) is 41.6 Å². The van der Waals surface area contributed by atoms with Crippen molar-refractivity contribution in [3.63, 3.8) is 0 Å². The van der Waals surface area contributed by atoms with E-state index in [9.17, 15) is 10.2 Å². The molecule has 6 nitrogen and oxygen atoms in total. The van der Waals surface area contributed by atoms with E-state index in [1.165, 1.54) is 12.1 Å². The molecule has 8 heteroatoms. The Bertz CT molecular complexity index is 422. The van der Waals surface area contributed by atoms with Gasteiger partial charge in [-0.25, -0.2) is 0 Å². The van der Waals surface area contributed by atoms with Crippen molar-refractivity contribution < 1.29 is 19.7 Å². The molecule has 0 aliphatic carbocycles. The van der Waals surface area contributed by atoms with Crippen molar-refractivity contribution in [3.8, 4) is 0 Å². The van der Waals surface area contributed by atoms with Gasteiger partial charge in [0.2, 0.25) is 0 Å². The lowest BCUT2D eigenvalue weighted by atomic mass is 10.2. The summed E-state index contributed by atoms with van der Waals surface area (Å²) in [6, 6.07) is 2.55. The number of aliphatic hydroxyl groups is 2. The molecule has 2 unspecified atom stereocenters. The van der Waals surface area contributed by atoms with Gasteiger partial charge in [-0.05, 0) is 22.9 Å². The van der Waals surface area contributed by atoms with Gasteiger partial charge in [-0.1, -0.05) is 79.8 Å². The molecule has 0 saturated heterocycles. The minimum Gasteiger partial charge on any atom is -0.389 e. The highest BCUT2D eigenvalue weighted by molar-refractivity contribution is 6.80. The largest absolute Gasteiger partial charge is 0.389 e. The predicted octanol–water partition coefficient (Wildman–Crippen LogP) is 4.44. The molecule has 0 fully saturated rings. The molecule has 0 aliphatic rings. The van der Waals surface area contributed by atoms with Crippen LogP contribution in [0.1, 0.15) is 54.4 Å². The molecule has 0 aromatic rings. The highest BCUT2D eigenvalue weighted by Crippen LogP contribution is 2.40. The van der Waals surface area contributed by atoms with Crippen LogP contribution in [0.4, 0.5) is 0 Å². The Morgan fingerprint density at radius 2 is 0.938 bits per heavy atom. The highest BCUT2D eigenvalue weighted by Gasteiger charge is 2.34. The average molecular weight is 495 g/mol. The minimum absolute atomic E-state index is 0.280. The zero-order valence-electron chi connectivity index (χ0n) is 23.1. The fourth-order valence-corrected chi connectivity index (χ4v) is 6.11. The second-order valence-electron chi connectivity index (χ2n) is 12.4. The highest BCUT2D eigenvalue weighted by atomic mass is 28.3. The third-order valence-electron chi connectivity index (χ3n) is 7.41. The smallest absolute Gasteiger partial charge is 0.0895 e. The van der Waals surface area contributed by atoms with Crippen LogP contribution in [0.2, 0.25) is 48.4 Å². The quantitative estimate of drug-likeness (QED) is 0.210. The molecule has 2 atom stereocenters. The second kappa shape index (κ2) is 16.0. The van der Waals surface area contributed by atoms with E-state index in [-0.39, 0.29) is 13.1 Å². The van der Waals surface area contributed by atoms with Crippen LogP contribution in [0.15, 0.2) is 0 Å². The Morgan fingerprint density at radius 3 is 1.16 bits per heavy atom. The van der Waals surface area contributed by atoms with Crippen LogP contribution in [0.25, 0.3) is 0 Å². The van der Waals surface area contributed by atoms with Gasteiger partial charge in [-0.3, -0.25) is 0 Å². The summed E-state index contributed by atoms with van der Waals surface area (Å²) in [4.78, 5) is 0. The summed E-state index contributed by atoms with van der Waals surface area (Å²) in [6.07, 6.45) is 1.17. The average Bonchev–Trinajstić information content (AvgIpc) is 2.65. The monoisotopic (exact) mass is 494 g/mol. The molecule has 196 valence electrons. The van der Waals surface area contributed by atoms with Crippen LogP contribution < -0.4 is 11.5 Å². The molecule has 0 saturated carbocycles. The van der Waals surface area contributed by atoms with E-state index in [1.54, 1.807) is 0 Å². The number of rotatable bonds is 14. The van der Waals surface area contributed by atoms with Crippen molar-refractivity contribution >= 4 is 16.1 Å². The maximum Gasteiger partial charge on any atom is 0.0895 e. The number of hydrogen-bond donors (Lipinski definition) is 4. The molecule has 0 radical (unpaired) electrons. The van der Waals surface area contributed by atoms with Crippen molar-refractivity contribution in [1.82, 2.24) is 0 Å². The van der Waals surface area contributed by atoms with Crippen molar-refractivity contribution in [2.24, 2.45) is 11.5 Å². The lowest BCUT2D eigenvalue weighted by molar-refractivity contribution is 0.0415. The molecule has 0 aromatic heterocycles. The molecule has 6 N–H and O–H groups in total. The van der Waals surface area contributed by atoms with E-state index >= 15 is 0 Å². The molecule has 0 spiro atoms. The summed E-state index contributed by atoms with van der Waals surface area (Å²) in [5.41, 5.74) is 10.6. The summed E-state index contributed by atoms with van der Waals surface area (Å²) < 4.78 is 10.8. The maximum absolute atomic E-state index is 9.21.